The number of aryl methyl sites for hydroxylation is 1. The summed E-state index contributed by atoms with van der Waals surface area (Å²) in [5.41, 5.74) is 0.830. The lowest BCUT2D eigenvalue weighted by molar-refractivity contribution is 0.0690. The third-order valence-electron chi connectivity index (χ3n) is 2.25. The molecule has 0 saturated carbocycles. The van der Waals surface area contributed by atoms with Crippen LogP contribution in [0, 0.1) is 0 Å². The Bertz CT molecular complexity index is 533. The number of aromatic carboxylic acids is 1. The molecule has 0 amide bonds. The van der Waals surface area contributed by atoms with Gasteiger partial charge in [0, 0.05) is 0 Å². The van der Waals surface area contributed by atoms with Gasteiger partial charge in [-0.1, -0.05) is 25.1 Å². The Kier molecular flexibility index (Phi) is 3.09. The molecule has 1 aromatic carbocycles. The molecule has 1 aromatic heterocycles. The number of rotatable bonds is 4. The molecule has 0 aliphatic heterocycles. The van der Waals surface area contributed by atoms with Crippen LogP contribution in [0.3, 0.4) is 0 Å². The van der Waals surface area contributed by atoms with Gasteiger partial charge >= 0.3 is 12.0 Å². The summed E-state index contributed by atoms with van der Waals surface area (Å²) in [6.07, 6.45) is 1.79. The molecule has 1 N–H and O–H groups in total. The summed E-state index contributed by atoms with van der Waals surface area (Å²) < 4.78 is 10.3. The Balaban J connectivity index is 2.22. The number of carbonyl (C=O) groups is 1. The van der Waals surface area contributed by atoms with E-state index >= 15 is 0 Å². The van der Waals surface area contributed by atoms with Gasteiger partial charge in [-0.3, -0.25) is 0 Å². The standard InChI is InChI=1S/C12H11NO4/c1-2-8-5-3-4-6-10(8)17-12-13-9(7-16-12)11(14)15/h3-7H,2H2,1H3,(H,14,15). The van der Waals surface area contributed by atoms with E-state index in [9.17, 15) is 4.79 Å². The number of carboxylic acid groups (broad SMARTS) is 1. The Morgan fingerprint density at radius 3 is 2.88 bits per heavy atom. The van der Waals surface area contributed by atoms with E-state index < -0.39 is 5.97 Å². The third kappa shape index (κ3) is 2.44. The Labute approximate surface area is 97.7 Å². The van der Waals surface area contributed by atoms with Gasteiger partial charge in [0.15, 0.2) is 5.69 Å². The molecule has 0 bridgehead atoms. The van der Waals surface area contributed by atoms with Crippen LogP contribution in [0.4, 0.5) is 0 Å². The molecule has 17 heavy (non-hydrogen) atoms. The fourth-order valence-corrected chi connectivity index (χ4v) is 1.39. The van der Waals surface area contributed by atoms with Gasteiger partial charge in [0.1, 0.15) is 12.0 Å². The van der Waals surface area contributed by atoms with E-state index in [-0.39, 0.29) is 11.8 Å². The van der Waals surface area contributed by atoms with Crippen LogP contribution in [0.15, 0.2) is 34.9 Å². The molecule has 0 aliphatic rings. The predicted molar refractivity (Wildman–Crippen MR) is 59.4 cm³/mol. The monoisotopic (exact) mass is 233 g/mol. The molecular weight excluding hydrogens is 222 g/mol. The maximum atomic E-state index is 10.6. The van der Waals surface area contributed by atoms with Crippen LogP contribution >= 0.6 is 0 Å². The van der Waals surface area contributed by atoms with Crippen molar-refractivity contribution >= 4 is 5.97 Å². The maximum absolute atomic E-state index is 10.6. The highest BCUT2D eigenvalue weighted by Gasteiger charge is 2.12. The highest BCUT2D eigenvalue weighted by Crippen LogP contribution is 2.24. The number of aromatic nitrogens is 1. The second-order valence-electron chi connectivity index (χ2n) is 3.37. The molecule has 0 fully saturated rings. The van der Waals surface area contributed by atoms with Crippen LogP contribution in [-0.4, -0.2) is 16.1 Å². The van der Waals surface area contributed by atoms with Crippen molar-refractivity contribution in [1.29, 1.82) is 0 Å². The van der Waals surface area contributed by atoms with E-state index in [1.165, 1.54) is 0 Å². The van der Waals surface area contributed by atoms with E-state index in [0.29, 0.717) is 5.75 Å². The number of hydrogen-bond acceptors (Lipinski definition) is 4. The molecule has 2 aromatic rings. The van der Waals surface area contributed by atoms with Gasteiger partial charge in [-0.05, 0) is 18.1 Å². The SMILES string of the molecule is CCc1ccccc1Oc1nc(C(=O)O)co1. The van der Waals surface area contributed by atoms with Gasteiger partial charge in [-0.2, -0.15) is 4.98 Å². The number of benzene rings is 1. The largest absolute Gasteiger partial charge is 0.476 e. The molecule has 88 valence electrons. The summed E-state index contributed by atoms with van der Waals surface area (Å²) >= 11 is 0. The minimum Gasteiger partial charge on any atom is -0.476 e. The van der Waals surface area contributed by atoms with E-state index in [2.05, 4.69) is 4.98 Å². The van der Waals surface area contributed by atoms with Crippen LogP contribution in [0.25, 0.3) is 0 Å². The zero-order valence-electron chi connectivity index (χ0n) is 9.21. The smallest absolute Gasteiger partial charge is 0.399 e. The number of nitrogens with zero attached hydrogens (tertiary/aromatic N) is 1. The molecule has 0 atom stereocenters. The van der Waals surface area contributed by atoms with Crippen molar-refractivity contribution in [2.45, 2.75) is 13.3 Å². The lowest BCUT2D eigenvalue weighted by Crippen LogP contribution is -1.96. The quantitative estimate of drug-likeness (QED) is 0.878. The normalized spacial score (nSPS) is 10.2. The second kappa shape index (κ2) is 4.69. The Hall–Kier alpha value is -2.30. The maximum Gasteiger partial charge on any atom is 0.399 e. The number of para-hydroxylation sites is 1. The molecule has 0 aliphatic carbocycles. The summed E-state index contributed by atoms with van der Waals surface area (Å²) in [4.78, 5) is 14.3. The van der Waals surface area contributed by atoms with Crippen molar-refractivity contribution in [3.63, 3.8) is 0 Å². The molecule has 0 radical (unpaired) electrons. The number of oxazole rings is 1. The van der Waals surface area contributed by atoms with Crippen molar-refractivity contribution in [3.05, 3.63) is 41.8 Å². The van der Waals surface area contributed by atoms with Gasteiger partial charge in [0.2, 0.25) is 0 Å². The van der Waals surface area contributed by atoms with Crippen molar-refractivity contribution < 1.29 is 19.1 Å². The Morgan fingerprint density at radius 1 is 1.47 bits per heavy atom. The molecule has 0 unspecified atom stereocenters. The zero-order valence-corrected chi connectivity index (χ0v) is 9.21. The lowest BCUT2D eigenvalue weighted by atomic mass is 10.1. The van der Waals surface area contributed by atoms with E-state index in [4.69, 9.17) is 14.3 Å². The topological polar surface area (TPSA) is 72.6 Å². The molecule has 2 rings (SSSR count). The average Bonchev–Trinajstić information content (AvgIpc) is 2.78. The molecule has 5 heteroatoms. The summed E-state index contributed by atoms with van der Waals surface area (Å²) in [7, 11) is 0. The van der Waals surface area contributed by atoms with Gasteiger partial charge < -0.3 is 14.3 Å². The van der Waals surface area contributed by atoms with Crippen molar-refractivity contribution in [2.75, 3.05) is 0 Å². The van der Waals surface area contributed by atoms with Gasteiger partial charge in [0.05, 0.1) is 0 Å². The van der Waals surface area contributed by atoms with Crippen molar-refractivity contribution in [3.8, 4) is 11.8 Å². The highest BCUT2D eigenvalue weighted by molar-refractivity contribution is 5.84. The zero-order chi connectivity index (χ0) is 12.3. The molecular formula is C12H11NO4. The molecule has 0 saturated heterocycles. The van der Waals surface area contributed by atoms with Gasteiger partial charge in [-0.15, -0.1) is 0 Å². The van der Waals surface area contributed by atoms with E-state index in [0.717, 1.165) is 18.2 Å². The summed E-state index contributed by atoms with van der Waals surface area (Å²) in [6, 6.07) is 7.44. The third-order valence-corrected chi connectivity index (χ3v) is 2.25. The number of ether oxygens (including phenoxy) is 1. The lowest BCUT2D eigenvalue weighted by Gasteiger charge is -2.05. The first-order valence-electron chi connectivity index (χ1n) is 5.15. The Morgan fingerprint density at radius 2 is 2.24 bits per heavy atom. The average molecular weight is 233 g/mol. The predicted octanol–water partition coefficient (Wildman–Crippen LogP) is 2.73. The second-order valence-corrected chi connectivity index (χ2v) is 3.37. The van der Waals surface area contributed by atoms with Crippen LogP contribution < -0.4 is 4.74 Å². The van der Waals surface area contributed by atoms with Crippen LogP contribution in [0.1, 0.15) is 23.0 Å². The minimum absolute atomic E-state index is 0.0664. The van der Waals surface area contributed by atoms with E-state index in [1.807, 2.05) is 25.1 Å². The highest BCUT2D eigenvalue weighted by atomic mass is 16.6. The van der Waals surface area contributed by atoms with Crippen LogP contribution in [0.5, 0.6) is 11.8 Å². The number of carboxylic acids is 1. The van der Waals surface area contributed by atoms with E-state index in [1.54, 1.807) is 6.07 Å². The summed E-state index contributed by atoms with van der Waals surface area (Å²) in [5, 5.41) is 8.69. The van der Waals surface area contributed by atoms with Crippen LogP contribution in [-0.2, 0) is 6.42 Å². The molecule has 1 heterocycles. The minimum atomic E-state index is -1.15. The summed E-state index contributed by atoms with van der Waals surface area (Å²) in [6.45, 7) is 2.00. The van der Waals surface area contributed by atoms with Crippen molar-refractivity contribution in [2.24, 2.45) is 0 Å². The first-order chi connectivity index (χ1) is 8.20. The summed E-state index contributed by atoms with van der Waals surface area (Å²) in [5.74, 6) is -0.527. The first-order valence-corrected chi connectivity index (χ1v) is 5.15. The van der Waals surface area contributed by atoms with Crippen molar-refractivity contribution in [1.82, 2.24) is 4.98 Å². The van der Waals surface area contributed by atoms with Gasteiger partial charge in [-0.25, -0.2) is 4.79 Å². The fraction of sp³-hybridized carbons (Fsp3) is 0.167. The molecule has 5 nitrogen and oxygen atoms in total. The molecule has 0 spiro atoms. The number of hydrogen-bond donors (Lipinski definition) is 1. The van der Waals surface area contributed by atoms with Gasteiger partial charge in [0.25, 0.3) is 0 Å². The first kappa shape index (κ1) is 11.2. The fourth-order valence-electron chi connectivity index (χ4n) is 1.39. The van der Waals surface area contributed by atoms with Crippen LogP contribution in [0.2, 0.25) is 0 Å².